The largest absolute Gasteiger partial charge is 0.497 e. The molecular formula is C18H20N2O3. The number of amides is 1. The highest BCUT2D eigenvalue weighted by Gasteiger charge is 2.30. The van der Waals surface area contributed by atoms with Crippen LogP contribution in [0, 0.1) is 0 Å². The van der Waals surface area contributed by atoms with E-state index in [1.807, 2.05) is 42.5 Å². The van der Waals surface area contributed by atoms with Crippen LogP contribution in [0.5, 0.6) is 11.5 Å². The van der Waals surface area contributed by atoms with Gasteiger partial charge in [-0.3, -0.25) is 9.78 Å². The van der Waals surface area contributed by atoms with E-state index in [1.54, 1.807) is 18.2 Å². The molecule has 1 aliphatic heterocycles. The first-order valence-electron chi connectivity index (χ1n) is 7.73. The van der Waals surface area contributed by atoms with E-state index in [2.05, 4.69) is 4.98 Å². The first-order valence-corrected chi connectivity index (χ1v) is 7.73. The van der Waals surface area contributed by atoms with Gasteiger partial charge in [0.25, 0.3) is 0 Å². The third kappa shape index (κ3) is 3.62. The monoisotopic (exact) mass is 312 g/mol. The van der Waals surface area contributed by atoms with Gasteiger partial charge in [-0.25, -0.2) is 0 Å². The van der Waals surface area contributed by atoms with Crippen LogP contribution in [0.3, 0.4) is 0 Å². The minimum atomic E-state index is -0.0435. The number of likely N-dealkylation sites (tertiary alicyclic amines) is 1. The fourth-order valence-corrected chi connectivity index (χ4v) is 2.92. The predicted octanol–water partition coefficient (Wildman–Crippen LogP) is 2.83. The van der Waals surface area contributed by atoms with Crippen molar-refractivity contribution in [3.05, 3.63) is 54.4 Å². The number of rotatable bonds is 5. The molecule has 2 unspecified atom stereocenters. The lowest BCUT2D eigenvalue weighted by atomic mass is 9.97. The molecule has 1 fully saturated rings. The first-order chi connectivity index (χ1) is 11.3. The molecule has 0 spiro atoms. The van der Waals surface area contributed by atoms with Crippen LogP contribution in [0.1, 0.15) is 24.6 Å². The Hall–Kier alpha value is -2.56. The first kappa shape index (κ1) is 15.3. The van der Waals surface area contributed by atoms with E-state index in [-0.39, 0.29) is 12.1 Å². The number of ether oxygens (including phenoxy) is 2. The zero-order valence-electron chi connectivity index (χ0n) is 13.1. The molecule has 2 heterocycles. The summed E-state index contributed by atoms with van der Waals surface area (Å²) in [7, 11) is 1.64. The lowest BCUT2D eigenvalue weighted by Gasteiger charge is -2.36. The van der Waals surface area contributed by atoms with Crippen molar-refractivity contribution in [1.82, 2.24) is 9.88 Å². The molecule has 0 N–H and O–H groups in total. The highest BCUT2D eigenvalue weighted by atomic mass is 16.5. The number of aromatic nitrogens is 1. The SMILES string of the molecule is COc1cccc(OC2CCN(C=O)C(c3ccccn3)C2)c1. The van der Waals surface area contributed by atoms with Gasteiger partial charge in [0.2, 0.25) is 6.41 Å². The number of benzene rings is 1. The normalized spacial score (nSPS) is 20.8. The van der Waals surface area contributed by atoms with Crippen LogP contribution >= 0.6 is 0 Å². The molecule has 5 nitrogen and oxygen atoms in total. The molecule has 0 aliphatic carbocycles. The van der Waals surface area contributed by atoms with Gasteiger partial charge in [-0.1, -0.05) is 12.1 Å². The molecule has 120 valence electrons. The number of carbonyl (C=O) groups is 1. The van der Waals surface area contributed by atoms with E-state index in [0.717, 1.165) is 36.4 Å². The lowest BCUT2D eigenvalue weighted by molar-refractivity contribution is -0.123. The number of pyridine rings is 1. The minimum absolute atomic E-state index is 0.0435. The maximum Gasteiger partial charge on any atom is 0.210 e. The predicted molar refractivity (Wildman–Crippen MR) is 86.4 cm³/mol. The molecule has 1 aromatic carbocycles. The average Bonchev–Trinajstić information content (AvgIpc) is 2.62. The van der Waals surface area contributed by atoms with E-state index >= 15 is 0 Å². The number of nitrogens with zero attached hydrogens (tertiary/aromatic N) is 2. The summed E-state index contributed by atoms with van der Waals surface area (Å²) in [5.41, 5.74) is 0.901. The van der Waals surface area contributed by atoms with Crippen LogP contribution in [0.25, 0.3) is 0 Å². The second-order valence-electron chi connectivity index (χ2n) is 5.56. The topological polar surface area (TPSA) is 51.7 Å². The fraction of sp³-hybridized carbons (Fsp3) is 0.333. The molecule has 1 amide bonds. The summed E-state index contributed by atoms with van der Waals surface area (Å²) in [5.74, 6) is 1.56. The Bertz CT molecular complexity index is 648. The molecule has 23 heavy (non-hydrogen) atoms. The summed E-state index contributed by atoms with van der Waals surface area (Å²) in [4.78, 5) is 17.5. The van der Waals surface area contributed by atoms with Gasteiger partial charge in [0, 0.05) is 31.6 Å². The highest BCUT2D eigenvalue weighted by Crippen LogP contribution is 2.31. The Kier molecular flexibility index (Phi) is 4.76. The van der Waals surface area contributed by atoms with Crippen LogP contribution in [0.15, 0.2) is 48.7 Å². The van der Waals surface area contributed by atoms with Crippen LogP contribution in [0.2, 0.25) is 0 Å². The summed E-state index contributed by atoms with van der Waals surface area (Å²) in [6, 6.07) is 13.3. The zero-order chi connectivity index (χ0) is 16.1. The number of piperidine rings is 1. The zero-order valence-corrected chi connectivity index (χ0v) is 13.1. The van der Waals surface area contributed by atoms with Gasteiger partial charge in [0.1, 0.15) is 17.6 Å². The van der Waals surface area contributed by atoms with Crippen LogP contribution < -0.4 is 9.47 Å². The van der Waals surface area contributed by atoms with Gasteiger partial charge < -0.3 is 14.4 Å². The van der Waals surface area contributed by atoms with E-state index in [9.17, 15) is 4.79 Å². The summed E-state index contributed by atoms with van der Waals surface area (Å²) >= 11 is 0. The second-order valence-corrected chi connectivity index (χ2v) is 5.56. The number of hydrogen-bond acceptors (Lipinski definition) is 4. The highest BCUT2D eigenvalue weighted by molar-refractivity contribution is 5.49. The Morgan fingerprint density at radius 3 is 2.83 bits per heavy atom. The van der Waals surface area contributed by atoms with E-state index in [4.69, 9.17) is 9.47 Å². The summed E-state index contributed by atoms with van der Waals surface area (Å²) in [5, 5.41) is 0. The van der Waals surface area contributed by atoms with Crippen LogP contribution in [-0.2, 0) is 4.79 Å². The average molecular weight is 312 g/mol. The summed E-state index contributed by atoms with van der Waals surface area (Å²) in [6.07, 6.45) is 4.24. The molecule has 1 aliphatic rings. The van der Waals surface area contributed by atoms with Crippen molar-refractivity contribution in [1.29, 1.82) is 0 Å². The van der Waals surface area contributed by atoms with Crippen molar-refractivity contribution < 1.29 is 14.3 Å². The quantitative estimate of drug-likeness (QED) is 0.797. The molecule has 0 radical (unpaired) electrons. The molecule has 1 saturated heterocycles. The third-order valence-corrected chi connectivity index (χ3v) is 4.10. The number of methoxy groups -OCH3 is 1. The van der Waals surface area contributed by atoms with Crippen molar-refractivity contribution in [2.75, 3.05) is 13.7 Å². The molecule has 5 heteroatoms. The van der Waals surface area contributed by atoms with Crippen LogP contribution in [0.4, 0.5) is 0 Å². The molecule has 1 aromatic heterocycles. The van der Waals surface area contributed by atoms with Gasteiger partial charge in [-0.15, -0.1) is 0 Å². The van der Waals surface area contributed by atoms with Crippen molar-refractivity contribution in [3.8, 4) is 11.5 Å². The van der Waals surface area contributed by atoms with Crippen molar-refractivity contribution >= 4 is 6.41 Å². The molecule has 0 saturated carbocycles. The minimum Gasteiger partial charge on any atom is -0.497 e. The Morgan fingerprint density at radius 2 is 2.09 bits per heavy atom. The standard InChI is InChI=1S/C18H20N2O3/c1-22-14-5-4-6-15(11-14)23-16-8-10-20(13-21)18(12-16)17-7-2-3-9-19-17/h2-7,9,11,13,16,18H,8,10,12H2,1H3. The third-order valence-electron chi connectivity index (χ3n) is 4.10. The van der Waals surface area contributed by atoms with Gasteiger partial charge in [0.05, 0.1) is 18.8 Å². The van der Waals surface area contributed by atoms with Crippen LogP contribution in [-0.4, -0.2) is 36.1 Å². The maximum atomic E-state index is 11.3. The van der Waals surface area contributed by atoms with Crippen molar-refractivity contribution in [2.45, 2.75) is 25.0 Å². The summed E-state index contributed by atoms with van der Waals surface area (Å²) in [6.45, 7) is 0.666. The molecule has 3 rings (SSSR count). The van der Waals surface area contributed by atoms with Gasteiger partial charge in [0.15, 0.2) is 0 Å². The maximum absolute atomic E-state index is 11.3. The molecule has 0 bridgehead atoms. The fourth-order valence-electron chi connectivity index (χ4n) is 2.92. The lowest BCUT2D eigenvalue weighted by Crippen LogP contribution is -2.40. The number of hydrogen-bond donors (Lipinski definition) is 0. The van der Waals surface area contributed by atoms with Crippen molar-refractivity contribution in [3.63, 3.8) is 0 Å². The van der Waals surface area contributed by atoms with E-state index < -0.39 is 0 Å². The summed E-state index contributed by atoms with van der Waals surface area (Å²) < 4.78 is 11.3. The van der Waals surface area contributed by atoms with Gasteiger partial charge >= 0.3 is 0 Å². The Balaban J connectivity index is 1.73. The smallest absolute Gasteiger partial charge is 0.210 e. The van der Waals surface area contributed by atoms with E-state index in [1.165, 1.54) is 0 Å². The molecule has 2 atom stereocenters. The second kappa shape index (κ2) is 7.13. The molecular weight excluding hydrogens is 292 g/mol. The molecule has 2 aromatic rings. The number of carbonyl (C=O) groups excluding carboxylic acids is 1. The van der Waals surface area contributed by atoms with Gasteiger partial charge in [-0.05, 0) is 24.3 Å². The van der Waals surface area contributed by atoms with E-state index in [0.29, 0.717) is 6.54 Å². The van der Waals surface area contributed by atoms with Gasteiger partial charge in [-0.2, -0.15) is 0 Å². The Labute approximate surface area is 135 Å². The Morgan fingerprint density at radius 1 is 1.22 bits per heavy atom. The van der Waals surface area contributed by atoms with Crippen molar-refractivity contribution in [2.24, 2.45) is 0 Å².